The number of hydrogen-bond donors (Lipinski definition) is 5. The molecule has 2 bridgehead atoms. The van der Waals surface area contributed by atoms with Crippen LogP contribution in [-0.4, -0.2) is 120 Å². The molecule has 19 nitrogen and oxygen atoms in total. The van der Waals surface area contributed by atoms with Gasteiger partial charge in [0.05, 0.1) is 25.9 Å². The number of guanidine groups is 1. The Hall–Kier alpha value is -2.60. The third-order valence-electron chi connectivity index (χ3n) is 7.43. The lowest BCUT2D eigenvalue weighted by molar-refractivity contribution is -0.119. The van der Waals surface area contributed by atoms with Gasteiger partial charge in [0.1, 0.15) is 24.1 Å². The number of nitrogens with two attached hydrogens (primary N) is 1. The fraction of sp³-hybridized carbons (Fsp3) is 0.550. The number of aliphatic imine (C=N–C) groups is 2. The van der Waals surface area contributed by atoms with E-state index in [9.17, 15) is 14.6 Å². The molecule has 0 aliphatic carbocycles. The van der Waals surface area contributed by atoms with Crippen LogP contribution in [0.1, 0.15) is 6.23 Å². The molecule has 3 unspecified atom stereocenters. The summed E-state index contributed by atoms with van der Waals surface area (Å²) in [5.41, 5.74) is 6.06. The Bertz CT molecular complexity index is 1790. The number of nitrogen functional groups attached to an aromatic ring is 1. The minimum Gasteiger partial charge on any atom is -0.382 e. The number of amides is 1. The van der Waals surface area contributed by atoms with E-state index in [0.29, 0.717) is 0 Å². The molecular weight excluding hydrogens is 707 g/mol. The molecule has 3 fully saturated rings. The van der Waals surface area contributed by atoms with Crippen molar-refractivity contribution in [2.45, 2.75) is 55.0 Å². The third kappa shape index (κ3) is 5.44. The number of amidine groups is 1. The summed E-state index contributed by atoms with van der Waals surface area (Å²) in [7, 11) is 0. The van der Waals surface area contributed by atoms with E-state index in [0.717, 1.165) is 17.6 Å². The van der Waals surface area contributed by atoms with Crippen LogP contribution < -0.4 is 11.1 Å². The highest BCUT2D eigenvalue weighted by atomic mass is 32.5. The number of carbonyl (C=O) groups excluding carboxylic acids is 1. The fourth-order valence-corrected chi connectivity index (χ4v) is 8.16. The Balaban J connectivity index is 1.19. The monoisotopic (exact) mass is 728 g/mol. The third-order valence-corrected chi connectivity index (χ3v) is 10.5. The normalized spacial score (nSPS) is 40.9. The number of rotatable bonds is 2. The Morgan fingerprint density at radius 3 is 2.63 bits per heavy atom. The highest BCUT2D eigenvalue weighted by Gasteiger charge is 2.64. The van der Waals surface area contributed by atoms with Gasteiger partial charge >= 0.3 is 19.4 Å². The average molecular weight is 729 g/mol. The number of carbonyl (C=O) groups is 1. The molecular formula is C20H21F3N10O9P2S2. The summed E-state index contributed by atoms with van der Waals surface area (Å²) < 4.78 is 81.5. The van der Waals surface area contributed by atoms with E-state index in [2.05, 4.69) is 30.3 Å². The molecule has 10 atom stereocenters. The van der Waals surface area contributed by atoms with Gasteiger partial charge in [0.2, 0.25) is 5.96 Å². The van der Waals surface area contributed by atoms with Crippen LogP contribution in [0.4, 0.5) is 19.0 Å². The number of nitrogens with one attached hydrogen (secondary N) is 2. The van der Waals surface area contributed by atoms with Gasteiger partial charge in [-0.25, -0.2) is 28.1 Å². The first-order chi connectivity index (χ1) is 21.6. The molecule has 5 aliphatic heterocycles. The van der Waals surface area contributed by atoms with Crippen LogP contribution in [0.5, 0.6) is 0 Å². The van der Waals surface area contributed by atoms with Crippen molar-refractivity contribution >= 4 is 78.1 Å². The second kappa shape index (κ2) is 11.2. The summed E-state index contributed by atoms with van der Waals surface area (Å²) in [5, 5.41) is 9.87. The summed E-state index contributed by atoms with van der Waals surface area (Å²) in [6.45, 7) is -11.1. The van der Waals surface area contributed by atoms with Crippen LogP contribution in [0.25, 0.3) is 11.2 Å². The maximum Gasteiger partial charge on any atom is 0.325 e. The molecule has 5 aliphatic rings. The second-order valence-corrected chi connectivity index (χ2v) is 15.9. The zero-order valence-corrected chi connectivity index (χ0v) is 26.0. The number of aromatic nitrogens is 4. The first kappa shape index (κ1) is 32.0. The van der Waals surface area contributed by atoms with E-state index in [4.69, 9.17) is 62.3 Å². The van der Waals surface area contributed by atoms with E-state index < -0.39 is 93.5 Å². The molecule has 0 aromatic carbocycles. The number of hydrogen-bond acceptors (Lipinski definition) is 16. The first-order valence-electron chi connectivity index (χ1n) is 13.0. The van der Waals surface area contributed by atoms with Crippen molar-refractivity contribution in [3.63, 3.8) is 0 Å². The summed E-state index contributed by atoms with van der Waals surface area (Å²) >= 11 is 10.1. The lowest BCUT2D eigenvalue weighted by atomic mass is 10.1. The van der Waals surface area contributed by atoms with Gasteiger partial charge in [0, 0.05) is 0 Å². The molecule has 0 radical (unpaired) electrons. The average Bonchev–Trinajstić information content (AvgIpc) is 3.71. The van der Waals surface area contributed by atoms with Gasteiger partial charge in [0.25, 0.3) is 5.91 Å². The van der Waals surface area contributed by atoms with E-state index in [1.807, 2.05) is 0 Å². The van der Waals surface area contributed by atoms with E-state index in [-0.39, 0.29) is 22.8 Å². The van der Waals surface area contributed by atoms with Gasteiger partial charge in [-0.05, 0) is 23.6 Å². The van der Waals surface area contributed by atoms with Crippen molar-refractivity contribution in [1.82, 2.24) is 29.7 Å². The Morgan fingerprint density at radius 1 is 1.11 bits per heavy atom. The van der Waals surface area contributed by atoms with Crippen LogP contribution in [-0.2, 0) is 56.0 Å². The molecule has 0 saturated carbocycles. The van der Waals surface area contributed by atoms with Gasteiger partial charge in [-0.15, -0.1) is 0 Å². The maximum absolute atomic E-state index is 16.0. The van der Waals surface area contributed by atoms with Gasteiger partial charge in [-0.2, -0.15) is 4.99 Å². The molecule has 26 heteroatoms. The number of nitrogens with zero attached hydrogens (tertiary/aromatic N) is 7. The molecule has 7 heterocycles. The van der Waals surface area contributed by atoms with Gasteiger partial charge in [-0.3, -0.25) is 39.0 Å². The van der Waals surface area contributed by atoms with E-state index in [1.165, 1.54) is 10.9 Å². The molecule has 2 aromatic rings. The lowest BCUT2D eigenvalue weighted by Crippen LogP contribution is -2.54. The minimum atomic E-state index is -4.64. The Morgan fingerprint density at radius 2 is 1.85 bits per heavy atom. The van der Waals surface area contributed by atoms with Gasteiger partial charge in [0.15, 0.2) is 54.2 Å². The van der Waals surface area contributed by atoms with Crippen LogP contribution in [0.2, 0.25) is 0 Å². The summed E-state index contributed by atoms with van der Waals surface area (Å²) in [4.78, 5) is 54.8. The number of alkyl halides is 3. The molecule has 0 spiro atoms. The van der Waals surface area contributed by atoms with E-state index >= 15 is 13.2 Å². The van der Waals surface area contributed by atoms with Crippen LogP contribution in [0.3, 0.4) is 0 Å². The van der Waals surface area contributed by atoms with Gasteiger partial charge in [-0.1, -0.05) is 0 Å². The zero-order valence-electron chi connectivity index (χ0n) is 22.6. The summed E-state index contributed by atoms with van der Waals surface area (Å²) in [6.07, 6.45) is -10.0. The predicted molar refractivity (Wildman–Crippen MR) is 154 cm³/mol. The van der Waals surface area contributed by atoms with Crippen LogP contribution >= 0.6 is 13.4 Å². The topological polar surface area (TPSA) is 246 Å². The van der Waals surface area contributed by atoms with Crippen molar-refractivity contribution in [3.05, 3.63) is 12.7 Å². The molecule has 3 saturated heterocycles. The number of fused-ring (bicyclic) bond motifs is 5. The molecule has 7 rings (SSSR count). The number of ether oxygens (including phenoxy) is 2. The lowest BCUT2D eigenvalue weighted by Gasteiger charge is -2.32. The minimum absolute atomic E-state index is 0.0106. The number of imidazole rings is 1. The van der Waals surface area contributed by atoms with E-state index in [1.54, 1.807) is 0 Å². The quantitative estimate of drug-likeness (QED) is 0.243. The van der Waals surface area contributed by atoms with Crippen molar-refractivity contribution in [2.24, 2.45) is 9.98 Å². The molecule has 248 valence electrons. The highest BCUT2D eigenvalue weighted by molar-refractivity contribution is 8.07. The second-order valence-electron chi connectivity index (χ2n) is 10.3. The van der Waals surface area contributed by atoms with Crippen molar-refractivity contribution in [3.8, 4) is 0 Å². The standard InChI is InChI=1S/C20H21F3N10O9P2S2/c21-8-11-6(39-17(8)32-4-28-9-13(24)26-3-27-14(9)32)1-37-44(36,46)42-12-18(33-5-29-10-15(33)30-19(25)31-16(10)34)40-7(20(12,22)23)2-38-43(35,45)41-11/h3-8,10-12,17-18H,1-2H2,(H,35,45)(H,36,46)(H2,24,26,27)(H2,25,31,34)/t6-,7-,8+,10?,11-,12+,17-,18-,43?,44?/m1/s1. The summed E-state index contributed by atoms with van der Waals surface area (Å²) in [6, 6.07) is -1.29. The SMILES string of the molecule is N=C1N=C2C(N=CN2[C@@H]2O[C@@H]3COP(O)(=S)O[C@H]4[C@H](F)[C@H](n5cnc6c(N)ncnc65)O[C@@H]4COP(O)(=S)O[C@@H]2C3(F)F)C(=O)N1. The van der Waals surface area contributed by atoms with Crippen molar-refractivity contribution in [2.75, 3.05) is 18.9 Å². The Kier molecular flexibility index (Phi) is 7.81. The largest absolute Gasteiger partial charge is 0.382 e. The highest BCUT2D eigenvalue weighted by Crippen LogP contribution is 2.56. The number of halogens is 3. The maximum atomic E-state index is 16.0. The molecule has 6 N–H and O–H groups in total. The van der Waals surface area contributed by atoms with Crippen LogP contribution in [0, 0.1) is 5.41 Å². The summed E-state index contributed by atoms with van der Waals surface area (Å²) in [5.74, 6) is -5.58. The molecule has 1 amide bonds. The molecule has 46 heavy (non-hydrogen) atoms. The Labute approximate surface area is 264 Å². The fourth-order valence-electron chi connectivity index (χ4n) is 5.34. The smallest absolute Gasteiger partial charge is 0.325 e. The number of anilines is 1. The molecule has 2 aromatic heterocycles. The van der Waals surface area contributed by atoms with Crippen molar-refractivity contribution < 1.29 is 55.3 Å². The zero-order chi connectivity index (χ0) is 32.8. The van der Waals surface area contributed by atoms with Crippen LogP contribution in [0.15, 0.2) is 22.6 Å². The predicted octanol–water partition coefficient (Wildman–Crippen LogP) is -0.569. The van der Waals surface area contributed by atoms with Gasteiger partial charge < -0.3 is 34.0 Å². The first-order valence-corrected chi connectivity index (χ1v) is 18.2. The van der Waals surface area contributed by atoms with Crippen molar-refractivity contribution in [1.29, 1.82) is 5.41 Å².